The minimum Gasteiger partial charge on any atom is -0.290 e. The highest BCUT2D eigenvalue weighted by molar-refractivity contribution is 7.99. The Kier molecular flexibility index (Phi) is 3.58. The molecule has 2 fully saturated rings. The highest BCUT2D eigenvalue weighted by Gasteiger charge is 2.45. The second kappa shape index (κ2) is 4.51. The predicted molar refractivity (Wildman–Crippen MR) is 73.0 cm³/mol. The third-order valence-electron chi connectivity index (χ3n) is 4.14. The number of piperazine rings is 1. The van der Waals surface area contributed by atoms with E-state index >= 15 is 0 Å². The number of hydrogen-bond donors (Lipinski definition) is 0. The summed E-state index contributed by atoms with van der Waals surface area (Å²) in [6.07, 6.45) is 5.03. The quantitative estimate of drug-likeness (QED) is 0.735. The third kappa shape index (κ3) is 2.27. The molecular formula is C13H26N2S. The molecule has 2 bridgehead atoms. The molecule has 0 aromatic rings. The summed E-state index contributed by atoms with van der Waals surface area (Å²) in [5.74, 6) is 0. The fourth-order valence-corrected chi connectivity index (χ4v) is 3.95. The minimum atomic E-state index is 0.348. The first-order valence-corrected chi connectivity index (χ1v) is 7.77. The van der Waals surface area contributed by atoms with Gasteiger partial charge in [-0.15, -0.1) is 11.8 Å². The highest BCUT2D eigenvalue weighted by atomic mass is 32.2. The normalized spacial score (nSPS) is 34.3. The molecule has 2 heterocycles. The van der Waals surface area contributed by atoms with Crippen LogP contribution in [-0.2, 0) is 0 Å². The lowest BCUT2D eigenvalue weighted by Gasteiger charge is -2.49. The van der Waals surface area contributed by atoms with Crippen LogP contribution < -0.4 is 0 Å². The van der Waals surface area contributed by atoms with Gasteiger partial charge in [-0.25, -0.2) is 0 Å². The predicted octanol–water partition coefficient (Wildman–Crippen LogP) is 2.64. The molecule has 0 spiro atoms. The van der Waals surface area contributed by atoms with Gasteiger partial charge in [-0.1, -0.05) is 0 Å². The smallest absolute Gasteiger partial charge is 0.0527 e. The Balaban J connectivity index is 2.07. The first-order valence-electron chi connectivity index (χ1n) is 6.48. The Morgan fingerprint density at radius 1 is 1.12 bits per heavy atom. The van der Waals surface area contributed by atoms with Gasteiger partial charge < -0.3 is 0 Å². The molecule has 3 heteroatoms. The van der Waals surface area contributed by atoms with Crippen LogP contribution in [0.2, 0.25) is 0 Å². The van der Waals surface area contributed by atoms with Crippen molar-refractivity contribution in [3.05, 3.63) is 0 Å². The van der Waals surface area contributed by atoms with E-state index in [1.807, 2.05) is 11.8 Å². The molecule has 0 aliphatic carbocycles. The van der Waals surface area contributed by atoms with Crippen molar-refractivity contribution in [1.82, 2.24) is 9.80 Å². The Morgan fingerprint density at radius 2 is 1.62 bits per heavy atom. The molecule has 0 radical (unpaired) electrons. The van der Waals surface area contributed by atoms with Crippen LogP contribution in [0.15, 0.2) is 0 Å². The van der Waals surface area contributed by atoms with E-state index in [0.717, 1.165) is 12.1 Å². The van der Waals surface area contributed by atoms with Crippen molar-refractivity contribution in [3.8, 4) is 0 Å². The Labute approximate surface area is 105 Å². The SMILES string of the molecule is CSC(C)N1CC2CCC(C1)N2C(C)(C)C. The van der Waals surface area contributed by atoms with Crippen LogP contribution in [0.5, 0.6) is 0 Å². The van der Waals surface area contributed by atoms with Gasteiger partial charge in [0.2, 0.25) is 0 Å². The maximum absolute atomic E-state index is 2.77. The number of likely N-dealkylation sites (tertiary alicyclic amines) is 1. The lowest BCUT2D eigenvalue weighted by molar-refractivity contribution is 0.000348. The van der Waals surface area contributed by atoms with Gasteiger partial charge in [-0.2, -0.15) is 0 Å². The van der Waals surface area contributed by atoms with Crippen molar-refractivity contribution < 1.29 is 0 Å². The fourth-order valence-electron chi connectivity index (χ4n) is 3.48. The van der Waals surface area contributed by atoms with Crippen molar-refractivity contribution in [1.29, 1.82) is 0 Å². The van der Waals surface area contributed by atoms with E-state index in [0.29, 0.717) is 10.9 Å². The molecule has 2 saturated heterocycles. The van der Waals surface area contributed by atoms with Gasteiger partial charge in [0.1, 0.15) is 0 Å². The fraction of sp³-hybridized carbons (Fsp3) is 1.00. The van der Waals surface area contributed by atoms with Crippen LogP contribution in [-0.4, -0.2) is 52.1 Å². The van der Waals surface area contributed by atoms with Gasteiger partial charge in [0.05, 0.1) is 5.37 Å². The van der Waals surface area contributed by atoms with Crippen LogP contribution in [0.4, 0.5) is 0 Å². The maximum Gasteiger partial charge on any atom is 0.0527 e. The number of thioether (sulfide) groups is 1. The molecule has 0 amide bonds. The van der Waals surface area contributed by atoms with E-state index in [1.165, 1.54) is 25.9 Å². The van der Waals surface area contributed by atoms with Crippen molar-refractivity contribution in [2.75, 3.05) is 19.3 Å². The molecule has 0 aromatic carbocycles. The number of fused-ring (bicyclic) bond motifs is 2. The lowest BCUT2D eigenvalue weighted by atomic mass is 10.0. The van der Waals surface area contributed by atoms with Crippen LogP contribution in [0.25, 0.3) is 0 Å². The summed E-state index contributed by atoms with van der Waals surface area (Å²) in [6, 6.07) is 1.60. The summed E-state index contributed by atoms with van der Waals surface area (Å²) in [5, 5.41) is 0.685. The van der Waals surface area contributed by atoms with Gasteiger partial charge >= 0.3 is 0 Å². The Morgan fingerprint density at radius 3 is 2.00 bits per heavy atom. The van der Waals surface area contributed by atoms with Crippen LogP contribution in [0, 0.1) is 0 Å². The van der Waals surface area contributed by atoms with Crippen molar-refractivity contribution in [3.63, 3.8) is 0 Å². The van der Waals surface area contributed by atoms with Crippen molar-refractivity contribution in [2.45, 2.75) is 63.5 Å². The topological polar surface area (TPSA) is 6.48 Å². The zero-order valence-corrected chi connectivity index (χ0v) is 12.2. The first kappa shape index (κ1) is 12.7. The minimum absolute atomic E-state index is 0.348. The average molecular weight is 242 g/mol. The summed E-state index contributed by atoms with van der Waals surface area (Å²) in [7, 11) is 0. The van der Waals surface area contributed by atoms with E-state index < -0.39 is 0 Å². The summed E-state index contributed by atoms with van der Waals surface area (Å²) in [5.41, 5.74) is 0.348. The second-order valence-electron chi connectivity index (χ2n) is 6.25. The highest BCUT2D eigenvalue weighted by Crippen LogP contribution is 2.37. The van der Waals surface area contributed by atoms with Gasteiger partial charge in [-0.05, 0) is 46.8 Å². The number of nitrogens with zero attached hydrogens (tertiary/aromatic N) is 2. The van der Waals surface area contributed by atoms with E-state index in [-0.39, 0.29) is 0 Å². The van der Waals surface area contributed by atoms with Gasteiger partial charge in [0, 0.05) is 30.7 Å². The second-order valence-corrected chi connectivity index (χ2v) is 7.41. The van der Waals surface area contributed by atoms with Gasteiger partial charge in [0.15, 0.2) is 0 Å². The molecule has 16 heavy (non-hydrogen) atoms. The Hall–Kier alpha value is 0.270. The summed E-state index contributed by atoms with van der Waals surface area (Å²) in [4.78, 5) is 5.45. The molecule has 2 nitrogen and oxygen atoms in total. The van der Waals surface area contributed by atoms with E-state index in [9.17, 15) is 0 Å². The van der Waals surface area contributed by atoms with E-state index in [1.54, 1.807) is 0 Å². The van der Waals surface area contributed by atoms with Crippen LogP contribution >= 0.6 is 11.8 Å². The molecule has 3 unspecified atom stereocenters. The largest absolute Gasteiger partial charge is 0.290 e. The molecule has 3 atom stereocenters. The molecule has 2 aliphatic heterocycles. The monoisotopic (exact) mass is 242 g/mol. The summed E-state index contributed by atoms with van der Waals surface area (Å²) in [6.45, 7) is 12.0. The molecule has 94 valence electrons. The maximum atomic E-state index is 2.77. The summed E-state index contributed by atoms with van der Waals surface area (Å²) >= 11 is 1.98. The standard InChI is InChI=1S/C13H26N2S/c1-10(16-5)14-8-11-6-7-12(9-14)15(11)13(2,3)4/h10-12H,6-9H2,1-5H3. The molecular weight excluding hydrogens is 216 g/mol. The Bertz CT molecular complexity index is 235. The van der Waals surface area contributed by atoms with Gasteiger partial charge in [-0.3, -0.25) is 9.80 Å². The zero-order valence-electron chi connectivity index (χ0n) is 11.4. The molecule has 0 aromatic heterocycles. The third-order valence-corrected chi connectivity index (χ3v) is 5.12. The number of rotatable bonds is 2. The van der Waals surface area contributed by atoms with Crippen molar-refractivity contribution >= 4 is 11.8 Å². The van der Waals surface area contributed by atoms with Gasteiger partial charge in [0.25, 0.3) is 0 Å². The molecule has 0 saturated carbocycles. The molecule has 0 N–H and O–H groups in total. The van der Waals surface area contributed by atoms with E-state index in [4.69, 9.17) is 0 Å². The number of hydrogen-bond acceptors (Lipinski definition) is 3. The van der Waals surface area contributed by atoms with Crippen LogP contribution in [0.1, 0.15) is 40.5 Å². The molecule has 2 aliphatic rings. The average Bonchev–Trinajstić information content (AvgIpc) is 2.49. The van der Waals surface area contributed by atoms with E-state index in [2.05, 4.69) is 43.8 Å². The first-order chi connectivity index (χ1) is 7.43. The summed E-state index contributed by atoms with van der Waals surface area (Å²) < 4.78 is 0. The molecule has 2 rings (SSSR count). The zero-order chi connectivity index (χ0) is 11.9. The lowest BCUT2D eigenvalue weighted by Crippen LogP contribution is -2.60. The van der Waals surface area contributed by atoms with Crippen molar-refractivity contribution in [2.24, 2.45) is 0 Å². The van der Waals surface area contributed by atoms with Crippen LogP contribution in [0.3, 0.4) is 0 Å².